The van der Waals surface area contributed by atoms with Crippen LogP contribution in [-0.4, -0.2) is 92.9 Å². The number of Topliss-reactive ketones (excluding diaryl/α,β-unsaturated/α-hetero) is 1. The number of carbonyl (C=O) groups excluding carboxylic acids is 3. The molecule has 51 heavy (non-hydrogen) atoms. The molecule has 5 aromatic heterocycles. The highest BCUT2D eigenvalue weighted by Gasteiger charge is 2.26. The van der Waals surface area contributed by atoms with Gasteiger partial charge in [0.1, 0.15) is 28.9 Å². The molecule has 0 aromatic carbocycles. The number of aromatic nitrogens is 9. The number of ketones is 1. The molecule has 1 atom stereocenters. The molecule has 21 heteroatoms. The minimum Gasteiger partial charge on any atom is -0.465 e. The van der Waals surface area contributed by atoms with Gasteiger partial charge in [-0.05, 0) is 50.3 Å². The number of carbonyl (C=O) groups is 3. The number of nitrogens with zero attached hydrogens (tertiary/aromatic N) is 9. The molecule has 0 bridgehead atoms. The Labute approximate surface area is 311 Å². The number of alkyl halides is 2. The van der Waals surface area contributed by atoms with E-state index in [9.17, 15) is 18.8 Å². The average molecular weight is 807 g/mol. The molecule has 4 N–H and O–H groups in total. The van der Waals surface area contributed by atoms with Gasteiger partial charge in [-0.15, -0.1) is 0 Å². The normalized spacial score (nSPS) is 10.2. The Kier molecular flexibility index (Phi) is 20.1. The summed E-state index contributed by atoms with van der Waals surface area (Å²) in [6.07, 6.45) is 12.1. The van der Waals surface area contributed by atoms with Crippen LogP contribution in [0.15, 0.2) is 74.1 Å². The van der Waals surface area contributed by atoms with Crippen LogP contribution in [0, 0.1) is 0 Å². The molecule has 5 rings (SSSR count). The van der Waals surface area contributed by atoms with Gasteiger partial charge in [0, 0.05) is 37.2 Å². The molecule has 17 nitrogen and oxygen atoms in total. The molecule has 5 aromatic rings. The molecule has 0 aliphatic rings. The number of nitrogens with two attached hydrogens (primary N) is 1. The van der Waals surface area contributed by atoms with Gasteiger partial charge < -0.3 is 25.8 Å². The zero-order valence-electron chi connectivity index (χ0n) is 27.3. The van der Waals surface area contributed by atoms with E-state index in [4.69, 9.17) is 16.6 Å². The standard InChI is InChI=1S/C14H12N6O2S.C9H9BrN2O3.C5H6N4S.CH3F.CH4/c1-2-22-12(21)11-10(9-4-7-15-8-18-9)19-14(23-11)20-13-16-5-3-6-17-13;1-2-15-9(14)7(10)8(13)6-3-4-11-5-12-6;6-4(10)9-5-7-2-1-3-8-5;1-2;/h3-8H,2H2,1H3,(H,16,17,19,20);3-5,7H,2H2,1H3;1-3H,(H3,6,7,8,9,10);1H3;1H4/i;;;1D;. The van der Waals surface area contributed by atoms with E-state index in [-0.39, 0.29) is 31.4 Å². The van der Waals surface area contributed by atoms with E-state index in [0.717, 1.165) is 11.3 Å². The van der Waals surface area contributed by atoms with Gasteiger partial charge in [0.2, 0.25) is 17.7 Å². The molecule has 0 spiro atoms. The minimum atomic E-state index is -1.01. The Bertz CT molecular complexity index is 1790. The molecular weight excluding hydrogens is 771 g/mol. The number of hydrogen-bond donors (Lipinski definition) is 3. The second-order valence-corrected chi connectivity index (χ2v) is 10.7. The number of rotatable bonds is 10. The van der Waals surface area contributed by atoms with Gasteiger partial charge in [0.05, 0.1) is 27.4 Å². The van der Waals surface area contributed by atoms with Gasteiger partial charge in [0.15, 0.2) is 15.1 Å². The topological polar surface area (TPSA) is 236 Å². The van der Waals surface area contributed by atoms with Crippen molar-refractivity contribution < 1.29 is 29.6 Å². The fraction of sp³-hybridized carbons (Fsp3) is 0.233. The van der Waals surface area contributed by atoms with Crippen LogP contribution in [0.25, 0.3) is 11.4 Å². The zero-order valence-corrected chi connectivity index (χ0v) is 29.6. The Balaban J connectivity index is 0.000000402. The van der Waals surface area contributed by atoms with Crippen LogP contribution in [0.1, 0.15) is 42.8 Å². The van der Waals surface area contributed by atoms with Crippen molar-refractivity contribution >= 4 is 79.3 Å². The highest BCUT2D eigenvalue weighted by Crippen LogP contribution is 2.31. The van der Waals surface area contributed by atoms with Crippen molar-refractivity contribution in [1.29, 1.82) is 0 Å². The third kappa shape index (κ3) is 15.3. The highest BCUT2D eigenvalue weighted by atomic mass is 79.9. The lowest BCUT2D eigenvalue weighted by Crippen LogP contribution is -2.27. The largest absolute Gasteiger partial charge is 0.465 e. The van der Waals surface area contributed by atoms with Crippen molar-refractivity contribution in [2.24, 2.45) is 5.73 Å². The number of thiazole rings is 1. The van der Waals surface area contributed by atoms with E-state index in [1.165, 1.54) is 24.9 Å². The highest BCUT2D eigenvalue weighted by molar-refractivity contribution is 9.10. The van der Waals surface area contributed by atoms with E-state index in [1.807, 2.05) is 0 Å². The quantitative estimate of drug-likeness (QED) is 0.0572. The molecular formula is C30H34BrFN12O5S2. The monoisotopic (exact) mass is 805 g/mol. The van der Waals surface area contributed by atoms with Crippen LogP contribution in [0.3, 0.4) is 0 Å². The number of thiocarbonyl (C=S) groups is 1. The van der Waals surface area contributed by atoms with E-state index < -0.39 is 29.7 Å². The first kappa shape index (κ1) is 41.6. The average Bonchev–Trinajstić information content (AvgIpc) is 3.57. The summed E-state index contributed by atoms with van der Waals surface area (Å²) in [7, 11) is -1.00. The maximum atomic E-state index is 12.2. The maximum absolute atomic E-state index is 12.2. The molecule has 0 radical (unpaired) electrons. The number of esters is 2. The molecule has 0 aliphatic carbocycles. The molecule has 270 valence electrons. The predicted octanol–water partition coefficient (Wildman–Crippen LogP) is 4.65. The third-order valence-electron chi connectivity index (χ3n) is 5.06. The van der Waals surface area contributed by atoms with E-state index >= 15 is 0 Å². The molecule has 0 saturated carbocycles. The third-order valence-corrected chi connectivity index (χ3v) is 6.90. The van der Waals surface area contributed by atoms with E-state index in [2.05, 4.69) is 83.6 Å². The fourth-order valence-electron chi connectivity index (χ4n) is 3.13. The van der Waals surface area contributed by atoms with Gasteiger partial charge >= 0.3 is 11.9 Å². The second-order valence-electron chi connectivity index (χ2n) is 8.34. The van der Waals surface area contributed by atoms with Crippen molar-refractivity contribution in [1.82, 2.24) is 44.9 Å². The Morgan fingerprint density at radius 2 is 1.51 bits per heavy atom. The van der Waals surface area contributed by atoms with Gasteiger partial charge in [-0.2, -0.15) is 0 Å². The molecule has 0 aliphatic heterocycles. The Morgan fingerprint density at radius 3 is 2.02 bits per heavy atom. The number of nitrogens with one attached hydrogen (secondary N) is 2. The summed E-state index contributed by atoms with van der Waals surface area (Å²) in [5, 5.41) is 6.21. The van der Waals surface area contributed by atoms with Crippen LogP contribution in [0.4, 0.5) is 21.4 Å². The Morgan fingerprint density at radius 1 is 0.941 bits per heavy atom. The van der Waals surface area contributed by atoms with Crippen LogP contribution < -0.4 is 16.4 Å². The van der Waals surface area contributed by atoms with Gasteiger partial charge in [-0.25, -0.2) is 49.7 Å². The summed E-state index contributed by atoms with van der Waals surface area (Å²) < 4.78 is 25.3. The number of ether oxygens (including phenoxy) is 2. The predicted molar refractivity (Wildman–Crippen MR) is 196 cm³/mol. The van der Waals surface area contributed by atoms with Crippen LogP contribution in [0.2, 0.25) is 0 Å². The van der Waals surface area contributed by atoms with Gasteiger partial charge in [0.25, 0.3) is 0 Å². The van der Waals surface area contributed by atoms with Crippen LogP contribution >= 0.6 is 39.5 Å². The maximum Gasteiger partial charge on any atom is 0.350 e. The number of hydrogen-bond acceptors (Lipinski definition) is 17. The summed E-state index contributed by atoms with van der Waals surface area (Å²) in [6.45, 7) is 3.94. The first-order valence-corrected chi connectivity index (χ1v) is 16.1. The van der Waals surface area contributed by atoms with Crippen molar-refractivity contribution in [2.75, 3.05) is 31.0 Å². The van der Waals surface area contributed by atoms with Crippen molar-refractivity contribution in [3.05, 3.63) is 84.7 Å². The first-order chi connectivity index (χ1) is 24.6. The Hall–Kier alpha value is -5.54. The minimum absolute atomic E-state index is 0. The SMILES string of the molecule is C.CCOC(=O)C(Br)C(=O)c1ccncn1.CCOC(=O)c1sc(Nc2ncccn2)nc1-c1ccncn1.NC(=S)Nc1ncccn1.[2H]CF. The zero-order chi connectivity index (χ0) is 37.4. The van der Waals surface area contributed by atoms with Gasteiger partial charge in [-0.3, -0.25) is 14.0 Å². The molecule has 5 heterocycles. The van der Waals surface area contributed by atoms with Crippen molar-refractivity contribution in [3.8, 4) is 11.4 Å². The fourth-order valence-corrected chi connectivity index (χ4v) is 4.45. The molecule has 0 fully saturated rings. The van der Waals surface area contributed by atoms with Crippen molar-refractivity contribution in [2.45, 2.75) is 26.1 Å². The molecule has 0 amide bonds. The number of halogens is 2. The molecule has 1 unspecified atom stereocenters. The summed E-state index contributed by atoms with van der Waals surface area (Å²) in [5.74, 6) is -0.668. The summed E-state index contributed by atoms with van der Waals surface area (Å²) in [4.78, 5) is 70.0. The lowest BCUT2D eigenvalue weighted by Gasteiger charge is -2.06. The summed E-state index contributed by atoms with van der Waals surface area (Å²) in [5.41, 5.74) is 6.33. The van der Waals surface area contributed by atoms with E-state index in [1.54, 1.807) is 63.0 Å². The second kappa shape index (κ2) is 24.6. The molecule has 0 saturated heterocycles. The van der Waals surface area contributed by atoms with E-state index in [0.29, 0.717) is 33.3 Å². The van der Waals surface area contributed by atoms with Crippen LogP contribution in [-0.2, 0) is 14.3 Å². The smallest absolute Gasteiger partial charge is 0.350 e. The summed E-state index contributed by atoms with van der Waals surface area (Å²) in [6, 6.07) is 6.55. The van der Waals surface area contributed by atoms with Crippen molar-refractivity contribution in [3.63, 3.8) is 0 Å². The summed E-state index contributed by atoms with van der Waals surface area (Å²) >= 11 is 8.69. The number of anilines is 3. The lowest BCUT2D eigenvalue weighted by atomic mass is 10.2. The van der Waals surface area contributed by atoms with Crippen LogP contribution in [0.5, 0.6) is 0 Å². The van der Waals surface area contributed by atoms with Gasteiger partial charge in [-0.1, -0.05) is 34.7 Å². The lowest BCUT2D eigenvalue weighted by molar-refractivity contribution is -0.141. The first-order valence-electron chi connectivity index (χ1n) is 14.6.